The maximum Gasteiger partial charge on any atom is 0.243 e. The number of para-hydroxylation sites is 1. The maximum absolute atomic E-state index is 13.8. The summed E-state index contributed by atoms with van der Waals surface area (Å²) in [5, 5.41) is 3.63. The molecule has 3 rings (SSSR count). The summed E-state index contributed by atoms with van der Waals surface area (Å²) >= 11 is 12.9. The Morgan fingerprint density at radius 2 is 1.49 bits per heavy atom. The number of benzene rings is 3. The second-order valence-corrected chi connectivity index (χ2v) is 11.8. The molecule has 0 bridgehead atoms. The number of nitrogens with one attached hydrogen (secondary N) is 1. The average Bonchev–Trinajstić information content (AvgIpc) is 2.90. The summed E-state index contributed by atoms with van der Waals surface area (Å²) in [4.78, 5) is 28.6. The normalized spacial score (nSPS) is 12.0. The molecular formula is C29H33Cl2N3O4S. The van der Waals surface area contributed by atoms with Crippen molar-refractivity contribution in [2.24, 2.45) is 0 Å². The van der Waals surface area contributed by atoms with Crippen molar-refractivity contribution >= 4 is 50.7 Å². The number of likely N-dealkylation sites (N-methyl/N-ethyl adjacent to an activating group) is 1. The lowest BCUT2D eigenvalue weighted by Gasteiger charge is -2.32. The molecule has 10 heteroatoms. The van der Waals surface area contributed by atoms with Crippen LogP contribution in [0.1, 0.15) is 30.9 Å². The molecule has 0 fully saturated rings. The Morgan fingerprint density at radius 1 is 0.897 bits per heavy atom. The summed E-state index contributed by atoms with van der Waals surface area (Å²) in [6, 6.07) is 22.5. The monoisotopic (exact) mass is 589 g/mol. The fraction of sp³-hybridized carbons (Fsp3) is 0.310. The van der Waals surface area contributed by atoms with Crippen LogP contribution in [0.3, 0.4) is 0 Å². The Bertz CT molecular complexity index is 1340. The zero-order valence-corrected chi connectivity index (χ0v) is 24.3. The van der Waals surface area contributed by atoms with E-state index in [0.717, 1.165) is 11.8 Å². The molecule has 0 aliphatic heterocycles. The van der Waals surface area contributed by atoms with Gasteiger partial charge in [0.2, 0.25) is 21.8 Å². The van der Waals surface area contributed by atoms with E-state index in [2.05, 4.69) is 5.32 Å². The van der Waals surface area contributed by atoms with Gasteiger partial charge in [0, 0.05) is 48.1 Å². The number of anilines is 1. The van der Waals surface area contributed by atoms with E-state index in [1.807, 2.05) is 37.3 Å². The summed E-state index contributed by atoms with van der Waals surface area (Å²) < 4.78 is 26.2. The molecule has 3 aromatic carbocycles. The van der Waals surface area contributed by atoms with E-state index >= 15 is 0 Å². The molecule has 1 N–H and O–H groups in total. The second kappa shape index (κ2) is 14.4. The molecule has 0 heterocycles. The summed E-state index contributed by atoms with van der Waals surface area (Å²) in [7, 11) is -3.56. The van der Waals surface area contributed by atoms with E-state index in [1.54, 1.807) is 48.5 Å². The van der Waals surface area contributed by atoms with Crippen LogP contribution >= 0.6 is 23.2 Å². The van der Waals surface area contributed by atoms with Crippen LogP contribution in [-0.2, 0) is 32.6 Å². The van der Waals surface area contributed by atoms with Gasteiger partial charge in [0.15, 0.2) is 0 Å². The molecule has 0 spiro atoms. The Hall–Kier alpha value is -3.07. The van der Waals surface area contributed by atoms with Crippen LogP contribution in [0.4, 0.5) is 5.69 Å². The van der Waals surface area contributed by atoms with Gasteiger partial charge in [-0.25, -0.2) is 8.42 Å². The number of carbonyl (C=O) groups excluding carboxylic acids is 2. The Labute approximate surface area is 240 Å². The highest BCUT2D eigenvalue weighted by atomic mass is 35.5. The van der Waals surface area contributed by atoms with Gasteiger partial charge in [0.05, 0.1) is 11.9 Å². The van der Waals surface area contributed by atoms with Crippen LogP contribution < -0.4 is 9.62 Å². The first kappa shape index (κ1) is 30.5. The standard InChI is InChI=1S/C29H33Cl2N3O4S/c1-3-32-29(36)27(20-22-12-6-4-7-13-22)33(21-24-25(30)16-10-17-26(24)31)28(35)18-11-19-34(39(2,37)38)23-14-8-5-9-15-23/h4-10,12-17,27H,3,11,18-21H2,1-2H3,(H,32,36)/t27-/m1/s1. The molecule has 7 nitrogen and oxygen atoms in total. The van der Waals surface area contributed by atoms with Gasteiger partial charge >= 0.3 is 0 Å². The summed E-state index contributed by atoms with van der Waals surface area (Å²) in [6.45, 7) is 2.36. The van der Waals surface area contributed by atoms with E-state index < -0.39 is 16.1 Å². The average molecular weight is 591 g/mol. The molecule has 1 atom stereocenters. The fourth-order valence-electron chi connectivity index (χ4n) is 4.30. The Kier molecular flexibility index (Phi) is 11.2. The van der Waals surface area contributed by atoms with Gasteiger partial charge in [-0.3, -0.25) is 13.9 Å². The zero-order valence-electron chi connectivity index (χ0n) is 22.0. The first-order valence-corrected chi connectivity index (χ1v) is 15.3. The van der Waals surface area contributed by atoms with Crippen LogP contribution in [0, 0.1) is 0 Å². The van der Waals surface area contributed by atoms with Gasteiger partial charge in [-0.05, 0) is 43.2 Å². The number of hydrogen-bond donors (Lipinski definition) is 1. The predicted molar refractivity (Wildman–Crippen MR) is 157 cm³/mol. The molecule has 3 aromatic rings. The van der Waals surface area contributed by atoms with E-state index in [4.69, 9.17) is 23.2 Å². The van der Waals surface area contributed by atoms with Crippen LogP contribution in [0.15, 0.2) is 78.9 Å². The van der Waals surface area contributed by atoms with Gasteiger partial charge in [0.1, 0.15) is 6.04 Å². The van der Waals surface area contributed by atoms with Crippen molar-refractivity contribution < 1.29 is 18.0 Å². The SMILES string of the molecule is CCNC(=O)[C@@H](Cc1ccccc1)N(Cc1c(Cl)cccc1Cl)C(=O)CCCN(c1ccccc1)S(C)(=O)=O. The number of carbonyl (C=O) groups is 2. The van der Waals surface area contributed by atoms with Gasteiger partial charge in [0.25, 0.3) is 0 Å². The molecule has 0 aromatic heterocycles. The summed E-state index contributed by atoms with van der Waals surface area (Å²) in [5.41, 5.74) is 1.96. The number of rotatable bonds is 13. The second-order valence-electron chi connectivity index (χ2n) is 9.10. The molecule has 0 radical (unpaired) electrons. The summed E-state index contributed by atoms with van der Waals surface area (Å²) in [5.74, 6) is -0.598. The maximum atomic E-state index is 13.8. The van der Waals surface area contributed by atoms with Crippen molar-refractivity contribution in [3.8, 4) is 0 Å². The third-order valence-corrected chi connectivity index (χ3v) is 8.11. The third-order valence-electron chi connectivity index (χ3n) is 6.21. The quantitative estimate of drug-likeness (QED) is 0.292. The van der Waals surface area contributed by atoms with Crippen LogP contribution in [0.25, 0.3) is 0 Å². The first-order chi connectivity index (χ1) is 18.6. The molecule has 0 saturated heterocycles. The molecule has 2 amide bonds. The molecule has 0 aliphatic rings. The van der Waals surface area contributed by atoms with Gasteiger partial charge in [-0.2, -0.15) is 0 Å². The number of amides is 2. The molecule has 0 aliphatic carbocycles. The Morgan fingerprint density at radius 3 is 2.05 bits per heavy atom. The first-order valence-electron chi connectivity index (χ1n) is 12.7. The van der Waals surface area contributed by atoms with Crippen LogP contribution in [0.2, 0.25) is 10.0 Å². The topological polar surface area (TPSA) is 86.8 Å². The lowest BCUT2D eigenvalue weighted by Crippen LogP contribution is -2.50. The molecular weight excluding hydrogens is 557 g/mol. The van der Waals surface area contributed by atoms with E-state index in [0.29, 0.717) is 34.3 Å². The molecule has 0 saturated carbocycles. The number of halogens is 2. The number of hydrogen-bond acceptors (Lipinski definition) is 4. The van der Waals surface area contributed by atoms with Gasteiger partial charge in [-0.1, -0.05) is 77.8 Å². The van der Waals surface area contributed by atoms with E-state index in [1.165, 1.54) is 9.21 Å². The van der Waals surface area contributed by atoms with Gasteiger partial charge in [-0.15, -0.1) is 0 Å². The zero-order chi connectivity index (χ0) is 28.4. The van der Waals surface area contributed by atoms with Crippen LogP contribution in [-0.4, -0.2) is 50.5 Å². The lowest BCUT2D eigenvalue weighted by atomic mass is 10.0. The smallest absolute Gasteiger partial charge is 0.243 e. The minimum Gasteiger partial charge on any atom is -0.355 e. The predicted octanol–water partition coefficient (Wildman–Crippen LogP) is 5.32. The third kappa shape index (κ3) is 8.71. The van der Waals surface area contributed by atoms with Crippen molar-refractivity contribution in [1.82, 2.24) is 10.2 Å². The number of sulfonamides is 1. The minimum absolute atomic E-state index is 0.0195. The highest BCUT2D eigenvalue weighted by Gasteiger charge is 2.31. The van der Waals surface area contributed by atoms with Crippen molar-refractivity contribution in [1.29, 1.82) is 0 Å². The van der Waals surface area contributed by atoms with E-state index in [9.17, 15) is 18.0 Å². The van der Waals surface area contributed by atoms with Crippen molar-refractivity contribution in [2.45, 2.75) is 38.8 Å². The summed E-state index contributed by atoms with van der Waals surface area (Å²) in [6.07, 6.45) is 1.70. The fourth-order valence-corrected chi connectivity index (χ4v) is 5.78. The minimum atomic E-state index is -3.56. The molecule has 0 unspecified atom stereocenters. The van der Waals surface area contributed by atoms with Crippen LogP contribution in [0.5, 0.6) is 0 Å². The lowest BCUT2D eigenvalue weighted by molar-refractivity contribution is -0.141. The van der Waals surface area contributed by atoms with Crippen molar-refractivity contribution in [3.05, 3.63) is 100 Å². The van der Waals surface area contributed by atoms with Gasteiger partial charge < -0.3 is 10.2 Å². The highest BCUT2D eigenvalue weighted by molar-refractivity contribution is 7.92. The molecule has 39 heavy (non-hydrogen) atoms. The largest absolute Gasteiger partial charge is 0.355 e. The Balaban J connectivity index is 1.90. The highest BCUT2D eigenvalue weighted by Crippen LogP contribution is 2.28. The van der Waals surface area contributed by atoms with E-state index in [-0.39, 0.29) is 37.7 Å². The van der Waals surface area contributed by atoms with Crippen molar-refractivity contribution in [2.75, 3.05) is 23.7 Å². The number of nitrogens with zero attached hydrogens (tertiary/aromatic N) is 2. The molecule has 208 valence electrons. The van der Waals surface area contributed by atoms with Crippen molar-refractivity contribution in [3.63, 3.8) is 0 Å².